The molecule has 0 bridgehead atoms. The quantitative estimate of drug-likeness (QED) is 0.854. The summed E-state index contributed by atoms with van der Waals surface area (Å²) in [6.07, 6.45) is -0.887. The van der Waals surface area contributed by atoms with Gasteiger partial charge in [0.05, 0.1) is 6.42 Å². The first kappa shape index (κ1) is 13.0. The first-order valence-corrected chi connectivity index (χ1v) is 4.56. The van der Waals surface area contributed by atoms with Crippen molar-refractivity contribution in [3.8, 4) is 0 Å². The van der Waals surface area contributed by atoms with E-state index in [2.05, 4.69) is 0 Å². The van der Waals surface area contributed by atoms with Gasteiger partial charge in [0.25, 0.3) is 0 Å². The minimum Gasteiger partial charge on any atom is -0.481 e. The van der Waals surface area contributed by atoms with E-state index in [1.807, 2.05) is 5.32 Å². The molecule has 0 atom stereocenters. The number of amides is 1. The molecule has 0 heterocycles. The van der Waals surface area contributed by atoms with Crippen LogP contribution >= 0.6 is 0 Å². The van der Waals surface area contributed by atoms with E-state index in [-0.39, 0.29) is 0 Å². The lowest BCUT2D eigenvalue weighted by Gasteiger charge is -2.06. The summed E-state index contributed by atoms with van der Waals surface area (Å²) in [4.78, 5) is 21.3. The van der Waals surface area contributed by atoms with Crippen molar-refractivity contribution in [1.29, 1.82) is 0 Å². The van der Waals surface area contributed by atoms with E-state index in [0.29, 0.717) is 12.1 Å². The monoisotopic (exact) mass is 247 g/mol. The second-order valence-electron chi connectivity index (χ2n) is 3.19. The van der Waals surface area contributed by atoms with Gasteiger partial charge in [-0.1, -0.05) is 0 Å². The van der Waals surface area contributed by atoms with Crippen LogP contribution in [0.5, 0.6) is 0 Å². The number of hydrogen-bond acceptors (Lipinski definition) is 2. The van der Waals surface area contributed by atoms with E-state index < -0.39 is 47.9 Å². The molecule has 1 amide bonds. The van der Waals surface area contributed by atoms with Gasteiger partial charge >= 0.3 is 5.97 Å². The molecule has 0 fully saturated rings. The molecular formula is C10H8F3NO3. The Morgan fingerprint density at radius 1 is 1.12 bits per heavy atom. The molecule has 0 saturated carbocycles. The maximum Gasteiger partial charge on any atom is 0.303 e. The first-order chi connectivity index (χ1) is 7.90. The summed E-state index contributed by atoms with van der Waals surface area (Å²) in [6.45, 7) is 0. The van der Waals surface area contributed by atoms with Crippen molar-refractivity contribution in [3.05, 3.63) is 29.6 Å². The molecule has 0 aromatic heterocycles. The number of carboxylic acid groups (broad SMARTS) is 1. The van der Waals surface area contributed by atoms with Gasteiger partial charge in [0.1, 0.15) is 11.5 Å². The molecular weight excluding hydrogens is 239 g/mol. The highest BCUT2D eigenvalue weighted by Gasteiger charge is 2.14. The van der Waals surface area contributed by atoms with Crippen LogP contribution in [0.3, 0.4) is 0 Å². The molecule has 0 aliphatic rings. The number of anilines is 1. The number of benzene rings is 1. The van der Waals surface area contributed by atoms with Crippen LogP contribution in [0, 0.1) is 17.5 Å². The third kappa shape index (κ3) is 3.78. The average Bonchev–Trinajstić information content (AvgIpc) is 2.20. The number of nitrogens with one attached hydrogen (secondary N) is 1. The van der Waals surface area contributed by atoms with Crippen LogP contribution in [0.15, 0.2) is 12.1 Å². The zero-order valence-electron chi connectivity index (χ0n) is 8.47. The smallest absolute Gasteiger partial charge is 0.303 e. The number of carbonyl (C=O) groups excluding carboxylic acids is 1. The largest absolute Gasteiger partial charge is 0.481 e. The van der Waals surface area contributed by atoms with E-state index in [4.69, 9.17) is 5.11 Å². The summed E-state index contributed by atoms with van der Waals surface area (Å²) in [5.41, 5.74) is -0.790. The van der Waals surface area contributed by atoms with Crippen molar-refractivity contribution in [1.82, 2.24) is 0 Å². The Bertz CT molecular complexity index is 439. The number of halogens is 3. The fourth-order valence-corrected chi connectivity index (χ4v) is 1.08. The van der Waals surface area contributed by atoms with Gasteiger partial charge in [0.2, 0.25) is 5.91 Å². The van der Waals surface area contributed by atoms with Gasteiger partial charge in [-0.25, -0.2) is 13.2 Å². The number of carbonyl (C=O) groups is 2. The van der Waals surface area contributed by atoms with Crippen LogP contribution in [-0.2, 0) is 9.59 Å². The van der Waals surface area contributed by atoms with Crippen molar-refractivity contribution in [2.24, 2.45) is 0 Å². The molecule has 7 heteroatoms. The maximum absolute atomic E-state index is 13.1. The average molecular weight is 247 g/mol. The molecule has 1 aromatic carbocycles. The summed E-state index contributed by atoms with van der Waals surface area (Å²) in [6, 6.07) is 0.825. The molecule has 0 unspecified atom stereocenters. The Morgan fingerprint density at radius 3 is 2.12 bits per heavy atom. The Hall–Kier alpha value is -2.05. The summed E-state index contributed by atoms with van der Waals surface area (Å²) in [7, 11) is 0. The molecule has 1 aromatic rings. The van der Waals surface area contributed by atoms with Crippen LogP contribution in [0.4, 0.5) is 18.9 Å². The Kier molecular flexibility index (Phi) is 4.08. The fraction of sp³-hybridized carbons (Fsp3) is 0.200. The van der Waals surface area contributed by atoms with Gasteiger partial charge in [-0.3, -0.25) is 9.59 Å². The predicted molar refractivity (Wildman–Crippen MR) is 51.8 cm³/mol. The number of hydrogen-bond donors (Lipinski definition) is 2. The highest BCUT2D eigenvalue weighted by molar-refractivity contribution is 5.92. The topological polar surface area (TPSA) is 66.4 Å². The normalized spacial score (nSPS) is 10.1. The molecule has 17 heavy (non-hydrogen) atoms. The minimum atomic E-state index is -1.26. The molecule has 92 valence electrons. The standard InChI is InChI=1S/C10H8F3NO3/c11-5-3-6(12)10(7(13)4-5)14-8(15)1-2-9(16)17/h3-4H,1-2H2,(H,14,15)(H,16,17). The van der Waals surface area contributed by atoms with E-state index in [1.165, 1.54) is 0 Å². The molecule has 0 radical (unpaired) electrons. The summed E-state index contributed by atoms with van der Waals surface area (Å²) in [5.74, 6) is -5.70. The van der Waals surface area contributed by atoms with Crippen LogP contribution < -0.4 is 5.32 Å². The molecule has 0 spiro atoms. The molecule has 0 saturated heterocycles. The third-order valence-corrected chi connectivity index (χ3v) is 1.84. The lowest BCUT2D eigenvalue weighted by molar-refractivity contribution is -0.138. The van der Waals surface area contributed by atoms with Crippen molar-refractivity contribution < 1.29 is 27.9 Å². The van der Waals surface area contributed by atoms with Crippen molar-refractivity contribution in [2.75, 3.05) is 5.32 Å². The maximum atomic E-state index is 13.1. The third-order valence-electron chi connectivity index (χ3n) is 1.84. The zero-order valence-corrected chi connectivity index (χ0v) is 8.47. The number of carboxylic acids is 1. The van der Waals surface area contributed by atoms with Crippen molar-refractivity contribution in [2.45, 2.75) is 12.8 Å². The molecule has 0 aliphatic heterocycles. The van der Waals surface area contributed by atoms with Crippen LogP contribution in [0.25, 0.3) is 0 Å². The number of aliphatic carboxylic acids is 1. The summed E-state index contributed by atoms with van der Waals surface area (Å²) >= 11 is 0. The first-order valence-electron chi connectivity index (χ1n) is 4.56. The highest BCUT2D eigenvalue weighted by atomic mass is 19.1. The Balaban J connectivity index is 2.75. The lowest BCUT2D eigenvalue weighted by Crippen LogP contribution is -2.15. The van der Waals surface area contributed by atoms with Crippen LogP contribution in [0.1, 0.15) is 12.8 Å². The SMILES string of the molecule is O=C(O)CCC(=O)Nc1c(F)cc(F)cc1F. The number of rotatable bonds is 4. The van der Waals surface area contributed by atoms with E-state index in [1.54, 1.807) is 0 Å². The van der Waals surface area contributed by atoms with Crippen molar-refractivity contribution >= 4 is 17.6 Å². The lowest BCUT2D eigenvalue weighted by atomic mass is 10.2. The second kappa shape index (κ2) is 5.33. The molecule has 4 nitrogen and oxygen atoms in total. The summed E-state index contributed by atoms with van der Waals surface area (Å²) in [5, 5.41) is 10.1. The van der Waals surface area contributed by atoms with Crippen LogP contribution in [0.2, 0.25) is 0 Å². The fourth-order valence-electron chi connectivity index (χ4n) is 1.08. The molecule has 2 N–H and O–H groups in total. The summed E-state index contributed by atoms with van der Waals surface area (Å²) < 4.78 is 38.6. The molecule has 0 aliphatic carbocycles. The second-order valence-corrected chi connectivity index (χ2v) is 3.19. The van der Waals surface area contributed by atoms with Gasteiger partial charge < -0.3 is 10.4 Å². The van der Waals surface area contributed by atoms with Gasteiger partial charge in [0.15, 0.2) is 11.6 Å². The highest BCUT2D eigenvalue weighted by Crippen LogP contribution is 2.20. The van der Waals surface area contributed by atoms with E-state index in [9.17, 15) is 22.8 Å². The Labute approximate surface area is 94.1 Å². The predicted octanol–water partition coefficient (Wildman–Crippen LogP) is 1.91. The van der Waals surface area contributed by atoms with Crippen LogP contribution in [-0.4, -0.2) is 17.0 Å². The van der Waals surface area contributed by atoms with Gasteiger partial charge in [-0.2, -0.15) is 0 Å². The van der Waals surface area contributed by atoms with E-state index >= 15 is 0 Å². The van der Waals surface area contributed by atoms with Gasteiger partial charge in [-0.05, 0) is 0 Å². The zero-order chi connectivity index (χ0) is 13.0. The minimum absolute atomic E-state index is 0.413. The molecule has 1 rings (SSSR count). The van der Waals surface area contributed by atoms with Crippen molar-refractivity contribution in [3.63, 3.8) is 0 Å². The van der Waals surface area contributed by atoms with Gasteiger partial charge in [-0.15, -0.1) is 0 Å². The Morgan fingerprint density at radius 2 is 1.65 bits per heavy atom. The van der Waals surface area contributed by atoms with Gasteiger partial charge in [0, 0.05) is 18.6 Å². The van der Waals surface area contributed by atoms with E-state index in [0.717, 1.165) is 0 Å².